The van der Waals surface area contributed by atoms with Gasteiger partial charge in [0, 0.05) is 29.7 Å². The van der Waals surface area contributed by atoms with Crippen LogP contribution in [0.5, 0.6) is 0 Å². The lowest BCUT2D eigenvalue weighted by atomic mass is 10.0. The highest BCUT2D eigenvalue weighted by Gasteiger charge is 2.20. The third kappa shape index (κ3) is 3.03. The smallest absolute Gasteiger partial charge is 0.330 e. The van der Waals surface area contributed by atoms with Crippen LogP contribution in [0.25, 0.3) is 22.4 Å². The van der Waals surface area contributed by atoms with E-state index in [1.54, 1.807) is 42.3 Å². The molecule has 0 amide bonds. The summed E-state index contributed by atoms with van der Waals surface area (Å²) in [6.07, 6.45) is 5.16. The van der Waals surface area contributed by atoms with Crippen LogP contribution in [0, 0.1) is 5.82 Å². The summed E-state index contributed by atoms with van der Waals surface area (Å²) in [4.78, 5) is 15.8. The van der Waals surface area contributed by atoms with Crippen molar-refractivity contribution < 1.29 is 13.9 Å². The van der Waals surface area contributed by atoms with E-state index in [1.807, 2.05) is 12.1 Å². The minimum Gasteiger partial charge on any atom is -0.467 e. The summed E-state index contributed by atoms with van der Waals surface area (Å²) < 4.78 is 19.6. The van der Waals surface area contributed by atoms with E-state index in [9.17, 15) is 9.18 Å². The van der Waals surface area contributed by atoms with Crippen molar-refractivity contribution in [3.05, 3.63) is 60.8 Å². The second-order valence-corrected chi connectivity index (χ2v) is 5.31. The Morgan fingerprint density at radius 1 is 1.12 bits per heavy atom. The molecule has 0 fully saturated rings. The van der Waals surface area contributed by atoms with Crippen molar-refractivity contribution in [1.29, 1.82) is 0 Å². The van der Waals surface area contributed by atoms with Crippen molar-refractivity contribution in [3.8, 4) is 22.4 Å². The fourth-order valence-electron chi connectivity index (χ4n) is 2.43. The number of pyridine rings is 1. The van der Waals surface area contributed by atoms with Gasteiger partial charge in [-0.2, -0.15) is 5.10 Å². The van der Waals surface area contributed by atoms with Gasteiger partial charge in [-0.15, -0.1) is 0 Å². The number of aromatic nitrogens is 3. The summed E-state index contributed by atoms with van der Waals surface area (Å²) in [6.45, 7) is 1.71. The van der Waals surface area contributed by atoms with Crippen LogP contribution in [-0.4, -0.2) is 27.8 Å². The number of carbonyl (C=O) groups excluding carboxylic acids is 1. The second kappa shape index (κ2) is 6.62. The zero-order valence-electron chi connectivity index (χ0n) is 13.3. The van der Waals surface area contributed by atoms with E-state index in [-0.39, 0.29) is 11.8 Å². The summed E-state index contributed by atoms with van der Waals surface area (Å²) in [5, 5.41) is 4.53. The fraction of sp³-hybridized carbons (Fsp3) is 0.167. The van der Waals surface area contributed by atoms with E-state index >= 15 is 0 Å². The molecule has 0 saturated carbocycles. The summed E-state index contributed by atoms with van der Waals surface area (Å²) in [6, 6.07) is 9.24. The minimum atomic E-state index is -0.565. The number of carbonyl (C=O) groups is 1. The van der Waals surface area contributed by atoms with Gasteiger partial charge in [0.05, 0.1) is 7.11 Å². The summed E-state index contributed by atoms with van der Waals surface area (Å²) in [5.41, 5.74) is 3.17. The molecule has 5 nitrogen and oxygen atoms in total. The highest BCUT2D eigenvalue weighted by molar-refractivity contribution is 5.81. The monoisotopic (exact) mass is 325 g/mol. The topological polar surface area (TPSA) is 57.0 Å². The van der Waals surface area contributed by atoms with E-state index < -0.39 is 6.04 Å². The van der Waals surface area contributed by atoms with Gasteiger partial charge >= 0.3 is 5.97 Å². The van der Waals surface area contributed by atoms with Gasteiger partial charge in [0.1, 0.15) is 17.6 Å². The molecule has 0 spiro atoms. The molecule has 24 heavy (non-hydrogen) atoms. The standard InChI is InChI=1S/C18H16FN3O2/c1-12(18(23)24-2)22-11-16(13-7-9-20-10-8-13)17(21-22)14-3-5-15(19)6-4-14/h3-12H,1-2H3. The lowest BCUT2D eigenvalue weighted by molar-refractivity contribution is -0.144. The Morgan fingerprint density at radius 2 is 1.79 bits per heavy atom. The SMILES string of the molecule is COC(=O)C(C)n1cc(-c2ccncc2)c(-c2ccc(F)cc2)n1. The average molecular weight is 325 g/mol. The number of benzene rings is 1. The molecule has 0 aliphatic heterocycles. The molecular formula is C18H16FN3O2. The van der Waals surface area contributed by atoms with Crippen molar-refractivity contribution >= 4 is 5.97 Å². The highest BCUT2D eigenvalue weighted by atomic mass is 19.1. The Bertz CT molecular complexity index is 844. The van der Waals surface area contributed by atoms with E-state index in [0.717, 1.165) is 16.7 Å². The van der Waals surface area contributed by atoms with Crippen LogP contribution < -0.4 is 0 Å². The molecule has 2 aromatic heterocycles. The van der Waals surface area contributed by atoms with Crippen molar-refractivity contribution in [1.82, 2.24) is 14.8 Å². The Kier molecular flexibility index (Phi) is 4.37. The second-order valence-electron chi connectivity index (χ2n) is 5.31. The molecule has 1 unspecified atom stereocenters. The van der Waals surface area contributed by atoms with Gasteiger partial charge in [-0.3, -0.25) is 9.67 Å². The molecule has 1 atom stereocenters. The lowest BCUT2D eigenvalue weighted by Crippen LogP contribution is -2.18. The predicted molar refractivity (Wildman–Crippen MR) is 87.6 cm³/mol. The molecule has 0 aliphatic carbocycles. The Morgan fingerprint density at radius 3 is 2.42 bits per heavy atom. The zero-order valence-corrected chi connectivity index (χ0v) is 13.3. The number of nitrogens with zero attached hydrogens (tertiary/aromatic N) is 3. The maximum Gasteiger partial charge on any atom is 0.330 e. The molecule has 3 aromatic rings. The molecule has 122 valence electrons. The van der Waals surface area contributed by atoms with Gasteiger partial charge in [-0.25, -0.2) is 9.18 Å². The number of ether oxygens (including phenoxy) is 1. The van der Waals surface area contributed by atoms with Crippen molar-refractivity contribution in [2.45, 2.75) is 13.0 Å². The van der Waals surface area contributed by atoms with Crippen molar-refractivity contribution in [2.24, 2.45) is 0 Å². The quantitative estimate of drug-likeness (QED) is 0.689. The molecular weight excluding hydrogens is 309 g/mol. The first kappa shape index (κ1) is 15.9. The number of methoxy groups -OCH3 is 1. The van der Waals surface area contributed by atoms with Crippen LogP contribution in [0.2, 0.25) is 0 Å². The summed E-state index contributed by atoms with van der Waals surface area (Å²) >= 11 is 0. The van der Waals surface area contributed by atoms with E-state index in [1.165, 1.54) is 19.2 Å². The number of halogens is 1. The normalized spacial score (nSPS) is 12.0. The lowest BCUT2D eigenvalue weighted by Gasteiger charge is -2.08. The first-order valence-electron chi connectivity index (χ1n) is 7.43. The molecule has 0 aliphatic rings. The van der Waals surface area contributed by atoms with Gasteiger partial charge in [0.15, 0.2) is 0 Å². The first-order valence-corrected chi connectivity index (χ1v) is 7.43. The van der Waals surface area contributed by atoms with Crippen LogP contribution in [0.3, 0.4) is 0 Å². The van der Waals surface area contributed by atoms with Gasteiger partial charge in [0.25, 0.3) is 0 Å². The average Bonchev–Trinajstić information content (AvgIpc) is 3.07. The summed E-state index contributed by atoms with van der Waals surface area (Å²) in [7, 11) is 1.34. The fourth-order valence-corrected chi connectivity index (χ4v) is 2.43. The molecule has 0 radical (unpaired) electrons. The Balaban J connectivity index is 2.13. The van der Waals surface area contributed by atoms with Gasteiger partial charge in [-0.1, -0.05) is 0 Å². The van der Waals surface area contributed by atoms with Gasteiger partial charge < -0.3 is 4.74 Å². The predicted octanol–water partition coefficient (Wildman–Crippen LogP) is 3.49. The van der Waals surface area contributed by atoms with Crippen molar-refractivity contribution in [2.75, 3.05) is 7.11 Å². The molecule has 0 N–H and O–H groups in total. The zero-order chi connectivity index (χ0) is 17.1. The Labute approximate surface area is 138 Å². The number of rotatable bonds is 4. The molecule has 2 heterocycles. The molecule has 0 bridgehead atoms. The van der Waals surface area contributed by atoms with E-state index in [0.29, 0.717) is 5.69 Å². The van der Waals surface area contributed by atoms with Gasteiger partial charge in [-0.05, 0) is 48.9 Å². The minimum absolute atomic E-state index is 0.313. The number of hydrogen-bond donors (Lipinski definition) is 0. The molecule has 3 rings (SSSR count). The maximum atomic E-state index is 13.2. The number of esters is 1. The van der Waals surface area contributed by atoms with Crippen LogP contribution in [0.4, 0.5) is 4.39 Å². The highest BCUT2D eigenvalue weighted by Crippen LogP contribution is 2.32. The van der Waals surface area contributed by atoms with Crippen molar-refractivity contribution in [3.63, 3.8) is 0 Å². The largest absolute Gasteiger partial charge is 0.467 e. The molecule has 6 heteroatoms. The third-order valence-corrected chi connectivity index (χ3v) is 3.78. The Hall–Kier alpha value is -3.02. The maximum absolute atomic E-state index is 13.2. The van der Waals surface area contributed by atoms with E-state index in [2.05, 4.69) is 10.1 Å². The van der Waals surface area contributed by atoms with E-state index in [4.69, 9.17) is 4.74 Å². The van der Waals surface area contributed by atoms with Crippen LogP contribution >= 0.6 is 0 Å². The van der Waals surface area contributed by atoms with Crippen LogP contribution in [0.15, 0.2) is 55.0 Å². The van der Waals surface area contributed by atoms with Crippen LogP contribution in [0.1, 0.15) is 13.0 Å². The third-order valence-electron chi connectivity index (χ3n) is 3.78. The van der Waals surface area contributed by atoms with Gasteiger partial charge in [0.2, 0.25) is 0 Å². The molecule has 0 saturated heterocycles. The van der Waals surface area contributed by atoms with Crippen LogP contribution in [-0.2, 0) is 9.53 Å². The summed E-state index contributed by atoms with van der Waals surface area (Å²) in [5.74, 6) is -0.698. The molecule has 1 aromatic carbocycles. The first-order chi connectivity index (χ1) is 11.6. The number of hydrogen-bond acceptors (Lipinski definition) is 4.